The van der Waals surface area contributed by atoms with Crippen LogP contribution in [0.2, 0.25) is 5.02 Å². The van der Waals surface area contributed by atoms with Gasteiger partial charge in [0.25, 0.3) is 5.91 Å². The molecule has 3 aromatic carbocycles. The summed E-state index contributed by atoms with van der Waals surface area (Å²) in [6.07, 6.45) is 1.79. The zero-order valence-electron chi connectivity index (χ0n) is 18.1. The van der Waals surface area contributed by atoms with E-state index >= 15 is 0 Å². The first-order valence-electron chi connectivity index (χ1n) is 10.3. The molecule has 1 saturated heterocycles. The number of rotatable bonds is 6. The van der Waals surface area contributed by atoms with Gasteiger partial charge in [0.2, 0.25) is 12.3 Å². The van der Waals surface area contributed by atoms with Crippen molar-refractivity contribution in [1.29, 1.82) is 0 Å². The molecule has 3 aromatic rings. The number of hydrogen-bond donors (Lipinski definition) is 2. The summed E-state index contributed by atoms with van der Waals surface area (Å²) in [5, 5.41) is 3.45. The van der Waals surface area contributed by atoms with Crippen LogP contribution >= 0.6 is 11.6 Å². The Kier molecular flexibility index (Phi) is 6.60. The minimum atomic E-state index is -0.841. The zero-order valence-corrected chi connectivity index (χ0v) is 18.9. The highest BCUT2D eigenvalue weighted by molar-refractivity contribution is 6.30. The highest BCUT2D eigenvalue weighted by Gasteiger charge is 2.47. The van der Waals surface area contributed by atoms with Gasteiger partial charge in [0, 0.05) is 16.1 Å². The fraction of sp³-hybridized carbons (Fsp3) is 0.160. The lowest BCUT2D eigenvalue weighted by atomic mass is 9.99. The van der Waals surface area contributed by atoms with Gasteiger partial charge < -0.3 is 14.8 Å². The van der Waals surface area contributed by atoms with Crippen LogP contribution in [-0.2, 0) is 4.79 Å². The standard InChI is InChI=1S/C25H22ClN3O4/c1-32-20-13-9-17(10-14-20)24(30)27-22-23(16-7-11-19(26)12-8-16)29(28-25(22)31)15-18-5-3-4-6-21(18)33-2/h3-15,22-23H,1-2H3,(H-,27,28,30,31)/p+1/b29-15-/t22-,23+/m0/s1. The number of hydrazine groups is 1. The molecule has 0 bridgehead atoms. The Balaban J connectivity index is 1.70. The average molecular weight is 465 g/mol. The molecule has 2 N–H and O–H groups in total. The van der Waals surface area contributed by atoms with Gasteiger partial charge in [-0.1, -0.05) is 35.9 Å². The number of hydrogen-bond acceptors (Lipinski definition) is 4. The van der Waals surface area contributed by atoms with Crippen molar-refractivity contribution in [3.05, 3.63) is 94.5 Å². The second-order valence-electron chi connectivity index (χ2n) is 7.43. The number of benzene rings is 3. The molecule has 0 spiro atoms. The molecule has 0 unspecified atom stereocenters. The lowest BCUT2D eigenvalue weighted by Gasteiger charge is -2.15. The number of para-hydroxylation sites is 1. The number of amides is 2. The minimum absolute atomic E-state index is 0.331. The number of ether oxygens (including phenoxy) is 2. The van der Waals surface area contributed by atoms with E-state index in [9.17, 15) is 9.59 Å². The van der Waals surface area contributed by atoms with E-state index in [1.54, 1.807) is 61.5 Å². The predicted octanol–water partition coefficient (Wildman–Crippen LogP) is 3.37. The van der Waals surface area contributed by atoms with Crippen LogP contribution in [0.1, 0.15) is 27.5 Å². The molecule has 1 heterocycles. The zero-order chi connectivity index (χ0) is 23.4. The van der Waals surface area contributed by atoms with Gasteiger partial charge in [0.05, 0.1) is 19.8 Å². The van der Waals surface area contributed by atoms with Gasteiger partial charge in [-0.25, -0.2) is 0 Å². The van der Waals surface area contributed by atoms with Gasteiger partial charge in [-0.15, -0.1) is 10.1 Å². The number of carbonyl (C=O) groups excluding carboxylic acids is 2. The molecule has 2 amide bonds. The van der Waals surface area contributed by atoms with Gasteiger partial charge in [-0.05, 0) is 48.5 Å². The average Bonchev–Trinajstić information content (AvgIpc) is 3.14. The maximum atomic E-state index is 13.0. The summed E-state index contributed by atoms with van der Waals surface area (Å²) in [4.78, 5) is 25.9. The maximum Gasteiger partial charge on any atom is 0.304 e. The van der Waals surface area contributed by atoms with E-state index in [0.717, 1.165) is 11.1 Å². The second-order valence-corrected chi connectivity index (χ2v) is 7.87. The van der Waals surface area contributed by atoms with E-state index in [4.69, 9.17) is 21.1 Å². The SMILES string of the molecule is COc1ccc(C(=O)N[C@@H]2C(=O)N/[N+](=C\c3ccccc3OC)[C@@H]2c2ccc(Cl)cc2)cc1. The smallest absolute Gasteiger partial charge is 0.304 e. The van der Waals surface area contributed by atoms with Crippen LogP contribution < -0.4 is 20.2 Å². The number of carbonyl (C=O) groups is 2. The van der Waals surface area contributed by atoms with E-state index in [2.05, 4.69) is 10.7 Å². The van der Waals surface area contributed by atoms with Crippen LogP contribution in [0.5, 0.6) is 11.5 Å². The van der Waals surface area contributed by atoms with Crippen molar-refractivity contribution in [2.24, 2.45) is 0 Å². The minimum Gasteiger partial charge on any atom is -0.497 e. The Morgan fingerprint density at radius 2 is 1.70 bits per heavy atom. The highest BCUT2D eigenvalue weighted by Crippen LogP contribution is 2.27. The molecule has 2 atom stereocenters. The van der Waals surface area contributed by atoms with Crippen molar-refractivity contribution in [2.45, 2.75) is 12.1 Å². The summed E-state index contributed by atoms with van der Waals surface area (Å²) in [5.74, 6) is 0.605. The Hall–Kier alpha value is -3.84. The molecular formula is C25H23ClN3O4+. The number of nitrogens with one attached hydrogen (secondary N) is 2. The predicted molar refractivity (Wildman–Crippen MR) is 125 cm³/mol. The normalized spacial score (nSPS) is 18.6. The molecule has 168 valence electrons. The van der Waals surface area contributed by atoms with E-state index in [-0.39, 0.29) is 11.8 Å². The summed E-state index contributed by atoms with van der Waals surface area (Å²) in [5.41, 5.74) is 4.87. The summed E-state index contributed by atoms with van der Waals surface area (Å²) in [6, 6.07) is 20.0. The number of halogens is 1. The highest BCUT2D eigenvalue weighted by atomic mass is 35.5. The molecule has 33 heavy (non-hydrogen) atoms. The third-order valence-electron chi connectivity index (χ3n) is 5.40. The van der Waals surface area contributed by atoms with Gasteiger partial charge in [0.15, 0.2) is 6.04 Å². The molecule has 0 radical (unpaired) electrons. The molecule has 0 saturated carbocycles. The van der Waals surface area contributed by atoms with Crippen molar-refractivity contribution in [3.8, 4) is 11.5 Å². The second kappa shape index (κ2) is 9.75. The molecule has 0 aliphatic carbocycles. The molecule has 1 aliphatic rings. The van der Waals surface area contributed by atoms with Crippen LogP contribution in [0.4, 0.5) is 0 Å². The number of nitrogens with zero attached hydrogens (tertiary/aromatic N) is 1. The van der Waals surface area contributed by atoms with Crippen LogP contribution in [0.25, 0.3) is 0 Å². The van der Waals surface area contributed by atoms with Crippen molar-refractivity contribution in [1.82, 2.24) is 10.7 Å². The topological polar surface area (TPSA) is 79.7 Å². The van der Waals surface area contributed by atoms with Crippen LogP contribution in [0, 0.1) is 0 Å². The van der Waals surface area contributed by atoms with Crippen LogP contribution in [0.15, 0.2) is 72.8 Å². The molecule has 0 aromatic heterocycles. The van der Waals surface area contributed by atoms with Gasteiger partial charge >= 0.3 is 5.91 Å². The monoisotopic (exact) mass is 464 g/mol. The number of methoxy groups -OCH3 is 2. The van der Waals surface area contributed by atoms with E-state index in [0.29, 0.717) is 22.1 Å². The van der Waals surface area contributed by atoms with Gasteiger partial charge in [-0.2, -0.15) is 0 Å². The first kappa shape index (κ1) is 22.4. The van der Waals surface area contributed by atoms with Gasteiger partial charge in [0.1, 0.15) is 11.5 Å². The number of hydrazone groups is 1. The Morgan fingerprint density at radius 3 is 2.36 bits per heavy atom. The molecular weight excluding hydrogens is 442 g/mol. The largest absolute Gasteiger partial charge is 0.497 e. The Bertz CT molecular complexity index is 1190. The maximum absolute atomic E-state index is 13.0. The molecule has 1 fully saturated rings. The van der Waals surface area contributed by atoms with Crippen molar-refractivity contribution in [3.63, 3.8) is 0 Å². The van der Waals surface area contributed by atoms with E-state index < -0.39 is 12.1 Å². The molecule has 4 rings (SSSR count). The summed E-state index contributed by atoms with van der Waals surface area (Å²) < 4.78 is 12.3. The van der Waals surface area contributed by atoms with Crippen molar-refractivity contribution in [2.75, 3.05) is 14.2 Å². The third kappa shape index (κ3) is 4.83. The van der Waals surface area contributed by atoms with Crippen molar-refractivity contribution < 1.29 is 23.7 Å². The summed E-state index contributed by atoms with van der Waals surface area (Å²) >= 11 is 6.08. The third-order valence-corrected chi connectivity index (χ3v) is 5.66. The fourth-order valence-electron chi connectivity index (χ4n) is 3.73. The Labute approximate surface area is 196 Å². The fourth-order valence-corrected chi connectivity index (χ4v) is 3.86. The Morgan fingerprint density at radius 1 is 1.00 bits per heavy atom. The van der Waals surface area contributed by atoms with Crippen LogP contribution in [-0.4, -0.2) is 43.0 Å². The first-order valence-corrected chi connectivity index (χ1v) is 10.6. The van der Waals surface area contributed by atoms with E-state index in [1.165, 1.54) is 0 Å². The van der Waals surface area contributed by atoms with Crippen molar-refractivity contribution >= 4 is 29.6 Å². The summed E-state index contributed by atoms with van der Waals surface area (Å²) in [7, 11) is 3.14. The van der Waals surface area contributed by atoms with Gasteiger partial charge in [-0.3, -0.25) is 9.59 Å². The summed E-state index contributed by atoms with van der Waals surface area (Å²) in [6.45, 7) is 0. The molecule has 8 heteroatoms. The molecule has 1 aliphatic heterocycles. The first-order chi connectivity index (χ1) is 16.0. The van der Waals surface area contributed by atoms with Crippen LogP contribution in [0.3, 0.4) is 0 Å². The molecule has 7 nitrogen and oxygen atoms in total. The lowest BCUT2D eigenvalue weighted by Crippen LogP contribution is -2.42. The lowest BCUT2D eigenvalue weighted by molar-refractivity contribution is -0.596. The quantitative estimate of drug-likeness (QED) is 0.548. The van der Waals surface area contributed by atoms with E-state index in [1.807, 2.05) is 36.4 Å².